The molecule has 2 unspecified atom stereocenters. The molecule has 172 valence electrons. The number of aromatic nitrogens is 2. The number of nitrogens with one attached hydrogen (secondary N) is 1. The number of carboxylic acids is 1. The van der Waals surface area contributed by atoms with Gasteiger partial charge in [0, 0.05) is 29.6 Å². The number of para-hydroxylation sites is 1. The Balaban J connectivity index is 1.11. The molecule has 0 amide bonds. The summed E-state index contributed by atoms with van der Waals surface area (Å²) in [4.78, 5) is 25.1. The summed E-state index contributed by atoms with van der Waals surface area (Å²) in [5, 5.41) is 13.1. The zero-order valence-electron chi connectivity index (χ0n) is 18.8. The van der Waals surface area contributed by atoms with Crippen molar-refractivity contribution in [2.45, 2.75) is 38.0 Å². The lowest BCUT2D eigenvalue weighted by Crippen LogP contribution is -2.34. The Bertz CT molecular complexity index is 1250. The third kappa shape index (κ3) is 3.81. The van der Waals surface area contributed by atoms with Crippen LogP contribution < -0.4 is 10.1 Å². The van der Waals surface area contributed by atoms with E-state index >= 15 is 0 Å². The average Bonchev–Trinajstić information content (AvgIpc) is 3.54. The molecule has 0 saturated heterocycles. The zero-order chi connectivity index (χ0) is 23.1. The highest BCUT2D eigenvalue weighted by atomic mass is 16.5. The number of carbonyl (C=O) groups is 1. The molecule has 2 atom stereocenters. The van der Waals surface area contributed by atoms with Gasteiger partial charge in [0.15, 0.2) is 0 Å². The van der Waals surface area contributed by atoms with Crippen LogP contribution in [0.1, 0.15) is 43.6 Å². The number of amidine groups is 1. The molecule has 6 rings (SSSR count). The van der Waals surface area contributed by atoms with Gasteiger partial charge in [-0.2, -0.15) is 0 Å². The normalized spacial score (nSPS) is 21.7. The van der Waals surface area contributed by atoms with Gasteiger partial charge in [0.2, 0.25) is 0 Å². The molecule has 2 fully saturated rings. The maximum absolute atomic E-state index is 11.7. The summed E-state index contributed by atoms with van der Waals surface area (Å²) in [7, 11) is 0. The maximum Gasteiger partial charge on any atom is 0.316 e. The molecule has 1 aliphatic heterocycles. The topological polar surface area (TPSA) is 96.7 Å². The average molecular weight is 455 g/mol. The van der Waals surface area contributed by atoms with Gasteiger partial charge in [0.05, 0.1) is 5.69 Å². The molecule has 7 nitrogen and oxygen atoms in total. The van der Waals surface area contributed by atoms with Crippen molar-refractivity contribution in [2.24, 2.45) is 16.3 Å². The Morgan fingerprint density at radius 3 is 2.47 bits per heavy atom. The minimum atomic E-state index is -0.809. The monoisotopic (exact) mass is 454 g/mol. The molecule has 2 N–H and O–H groups in total. The molecule has 0 radical (unpaired) electrons. The Labute approximate surface area is 197 Å². The molecule has 2 saturated carbocycles. The molecule has 3 aliphatic rings. The fourth-order valence-electron chi connectivity index (χ4n) is 5.19. The Hall–Kier alpha value is -3.74. The van der Waals surface area contributed by atoms with Crippen LogP contribution in [0.15, 0.2) is 65.9 Å². The summed E-state index contributed by atoms with van der Waals surface area (Å²) >= 11 is 0. The summed E-state index contributed by atoms with van der Waals surface area (Å²) in [5.41, 5.74) is 4.50. The van der Waals surface area contributed by atoms with Gasteiger partial charge in [-0.15, -0.1) is 0 Å². The quantitative estimate of drug-likeness (QED) is 0.516. The van der Waals surface area contributed by atoms with Gasteiger partial charge in [0.25, 0.3) is 0 Å². The lowest BCUT2D eigenvalue weighted by atomic mass is 9.87. The van der Waals surface area contributed by atoms with Crippen LogP contribution in [-0.4, -0.2) is 33.5 Å². The Morgan fingerprint density at radius 2 is 1.74 bits per heavy atom. The lowest BCUT2D eigenvalue weighted by molar-refractivity contribution is -0.150. The van der Waals surface area contributed by atoms with Crippen molar-refractivity contribution < 1.29 is 14.6 Å². The second-order valence-corrected chi connectivity index (χ2v) is 9.54. The van der Waals surface area contributed by atoms with Crippen LogP contribution in [0, 0.1) is 11.3 Å². The Kier molecular flexibility index (Phi) is 5.05. The van der Waals surface area contributed by atoms with Crippen molar-refractivity contribution >= 4 is 23.2 Å². The van der Waals surface area contributed by atoms with Crippen LogP contribution in [0.25, 0.3) is 11.1 Å². The highest BCUT2D eigenvalue weighted by molar-refractivity contribution is 6.03. The summed E-state index contributed by atoms with van der Waals surface area (Å²) in [5.74, 6) is 1.33. The van der Waals surface area contributed by atoms with Gasteiger partial charge < -0.3 is 15.2 Å². The minimum Gasteiger partial charge on any atom is -0.481 e. The Morgan fingerprint density at radius 1 is 1.00 bits per heavy atom. The van der Waals surface area contributed by atoms with E-state index in [-0.39, 0.29) is 12.6 Å². The van der Waals surface area contributed by atoms with Gasteiger partial charge in [-0.3, -0.25) is 4.79 Å². The van der Waals surface area contributed by atoms with E-state index < -0.39 is 11.4 Å². The molecule has 7 heteroatoms. The van der Waals surface area contributed by atoms with E-state index in [9.17, 15) is 9.90 Å². The molecular formula is C27H26N4O3. The highest BCUT2D eigenvalue weighted by Gasteiger charge is 2.46. The fraction of sp³-hybridized carbons (Fsp3) is 0.333. The SMILES string of the molecule is O=C(O)C1(COc2ncc(-c3ccc(NC4=Nc5ccccc5C5CC45)cc3)cn2)CCCC1. The van der Waals surface area contributed by atoms with Crippen LogP contribution in [0.5, 0.6) is 6.01 Å². The predicted molar refractivity (Wildman–Crippen MR) is 130 cm³/mol. The molecular weight excluding hydrogens is 428 g/mol. The number of rotatable bonds is 6. The number of ether oxygens (including phenoxy) is 1. The number of fused-ring (bicyclic) bond motifs is 3. The van der Waals surface area contributed by atoms with E-state index in [0.717, 1.165) is 47.6 Å². The number of aliphatic carboxylic acids is 1. The standard InChI is InChI=1S/C27H26N4O3/c32-25(33)27(11-3-4-12-27)16-34-26-28-14-18(15-29-26)17-7-9-19(10-8-17)30-24-22-13-21(22)20-5-1-2-6-23(20)31-24/h1-2,5-10,14-15,21-22H,3-4,11-13,16H2,(H,30,31)(H,32,33). The molecule has 1 aromatic heterocycles. The lowest BCUT2D eigenvalue weighted by Gasteiger charge is -2.22. The van der Waals surface area contributed by atoms with E-state index in [2.05, 4.69) is 33.5 Å². The van der Waals surface area contributed by atoms with Crippen LogP contribution in [0.3, 0.4) is 0 Å². The number of benzene rings is 2. The molecule has 0 spiro atoms. The van der Waals surface area contributed by atoms with E-state index in [0.29, 0.717) is 24.7 Å². The van der Waals surface area contributed by atoms with Gasteiger partial charge in [-0.05, 0) is 54.5 Å². The van der Waals surface area contributed by atoms with Crippen LogP contribution in [-0.2, 0) is 4.79 Å². The zero-order valence-corrected chi connectivity index (χ0v) is 18.8. The minimum absolute atomic E-state index is 0.109. The third-order valence-electron chi connectivity index (χ3n) is 7.33. The maximum atomic E-state index is 11.7. The molecule has 2 aliphatic carbocycles. The van der Waals surface area contributed by atoms with Crippen molar-refractivity contribution in [2.75, 3.05) is 11.9 Å². The second kappa shape index (κ2) is 8.24. The van der Waals surface area contributed by atoms with E-state index in [1.165, 1.54) is 5.56 Å². The van der Waals surface area contributed by atoms with Crippen molar-refractivity contribution in [3.63, 3.8) is 0 Å². The van der Waals surface area contributed by atoms with Crippen molar-refractivity contribution in [3.05, 3.63) is 66.5 Å². The molecule has 2 heterocycles. The van der Waals surface area contributed by atoms with Gasteiger partial charge >= 0.3 is 12.0 Å². The first-order valence-electron chi connectivity index (χ1n) is 11.8. The predicted octanol–water partition coefficient (Wildman–Crippen LogP) is 5.43. The number of nitrogens with zero attached hydrogens (tertiary/aromatic N) is 3. The summed E-state index contributed by atoms with van der Waals surface area (Å²) in [6.45, 7) is 0.109. The number of aliphatic imine (C=N–C) groups is 1. The van der Waals surface area contributed by atoms with Gasteiger partial charge in [-0.1, -0.05) is 43.2 Å². The van der Waals surface area contributed by atoms with Crippen molar-refractivity contribution in [3.8, 4) is 17.1 Å². The number of carboxylic acid groups (broad SMARTS) is 1. The van der Waals surface area contributed by atoms with E-state index in [4.69, 9.17) is 9.73 Å². The van der Waals surface area contributed by atoms with Crippen LogP contribution in [0.2, 0.25) is 0 Å². The summed E-state index contributed by atoms with van der Waals surface area (Å²) in [6.07, 6.45) is 7.69. The second-order valence-electron chi connectivity index (χ2n) is 9.54. The highest BCUT2D eigenvalue weighted by Crippen LogP contribution is 2.54. The van der Waals surface area contributed by atoms with Crippen molar-refractivity contribution in [1.82, 2.24) is 9.97 Å². The number of hydrogen-bond acceptors (Lipinski definition) is 6. The summed E-state index contributed by atoms with van der Waals surface area (Å²) in [6, 6.07) is 16.7. The molecule has 3 aromatic rings. The smallest absolute Gasteiger partial charge is 0.316 e. The van der Waals surface area contributed by atoms with Gasteiger partial charge in [0.1, 0.15) is 17.9 Å². The third-order valence-corrected chi connectivity index (χ3v) is 7.33. The van der Waals surface area contributed by atoms with Gasteiger partial charge in [-0.25, -0.2) is 15.0 Å². The number of anilines is 1. The van der Waals surface area contributed by atoms with Crippen molar-refractivity contribution in [1.29, 1.82) is 0 Å². The molecule has 2 aromatic carbocycles. The number of hydrogen-bond donors (Lipinski definition) is 2. The van der Waals surface area contributed by atoms with Crippen LogP contribution >= 0.6 is 0 Å². The first-order valence-corrected chi connectivity index (χ1v) is 11.8. The molecule has 0 bridgehead atoms. The fourth-order valence-corrected chi connectivity index (χ4v) is 5.19. The van der Waals surface area contributed by atoms with Crippen LogP contribution in [0.4, 0.5) is 11.4 Å². The summed E-state index contributed by atoms with van der Waals surface area (Å²) < 4.78 is 5.66. The van der Waals surface area contributed by atoms with E-state index in [1.807, 2.05) is 30.3 Å². The molecule has 34 heavy (non-hydrogen) atoms. The largest absolute Gasteiger partial charge is 0.481 e. The first kappa shape index (κ1) is 20.8. The van der Waals surface area contributed by atoms with E-state index in [1.54, 1.807) is 12.4 Å². The first-order chi connectivity index (χ1) is 16.6.